The van der Waals surface area contributed by atoms with Crippen LogP contribution in [0.4, 0.5) is 0 Å². The summed E-state index contributed by atoms with van der Waals surface area (Å²) >= 11 is 0. The first-order valence-corrected chi connectivity index (χ1v) is 10.3. The molecule has 0 atom stereocenters. The van der Waals surface area contributed by atoms with E-state index >= 15 is 0 Å². The van der Waals surface area contributed by atoms with Crippen LogP contribution in [0.15, 0.2) is 48.5 Å². The molecule has 0 amide bonds. The van der Waals surface area contributed by atoms with Gasteiger partial charge in [0.2, 0.25) is 5.78 Å². The van der Waals surface area contributed by atoms with Crippen molar-refractivity contribution in [3.8, 4) is 0 Å². The molecule has 6 nitrogen and oxygen atoms in total. The Balaban J connectivity index is 1.73. The van der Waals surface area contributed by atoms with Gasteiger partial charge in [0, 0.05) is 28.4 Å². The molecule has 0 aliphatic heterocycles. The highest BCUT2D eigenvalue weighted by Gasteiger charge is 2.18. The van der Waals surface area contributed by atoms with Gasteiger partial charge in [-0.15, -0.1) is 0 Å². The van der Waals surface area contributed by atoms with E-state index in [1.165, 1.54) is 12.1 Å². The summed E-state index contributed by atoms with van der Waals surface area (Å²) in [6.45, 7) is 1.40. The van der Waals surface area contributed by atoms with Crippen molar-refractivity contribution in [2.45, 2.75) is 12.7 Å². The van der Waals surface area contributed by atoms with Crippen LogP contribution in [0.1, 0.15) is 32.0 Å². The standard InChI is InChI=1S/C20H19NO5S/c1-13-19(16-8-3-4-9-17(16)21-13)18(22)11-26-20(23)15-7-5-6-14(10-15)12-27(2,24)25/h3-10,21H,11-12H2,1-2H3. The number of hydrogen-bond donors (Lipinski definition) is 1. The van der Waals surface area contributed by atoms with Crippen LogP contribution < -0.4 is 0 Å². The minimum Gasteiger partial charge on any atom is -0.454 e. The monoisotopic (exact) mass is 385 g/mol. The maximum atomic E-state index is 12.6. The molecule has 3 aromatic rings. The van der Waals surface area contributed by atoms with Crippen molar-refractivity contribution in [3.63, 3.8) is 0 Å². The van der Waals surface area contributed by atoms with Gasteiger partial charge in [-0.1, -0.05) is 30.3 Å². The number of ketones is 1. The number of carbonyl (C=O) groups is 2. The molecule has 1 aromatic heterocycles. The molecule has 0 saturated heterocycles. The predicted octanol–water partition coefficient (Wildman–Crippen LogP) is 3.06. The highest BCUT2D eigenvalue weighted by Crippen LogP contribution is 2.22. The number of benzene rings is 2. The van der Waals surface area contributed by atoms with E-state index in [9.17, 15) is 18.0 Å². The Bertz CT molecular complexity index is 1130. The van der Waals surface area contributed by atoms with Crippen LogP contribution in [0.25, 0.3) is 10.9 Å². The number of Topliss-reactive ketones (excluding diaryl/α,β-unsaturated/α-hetero) is 1. The van der Waals surface area contributed by atoms with Gasteiger partial charge >= 0.3 is 5.97 Å². The third-order valence-electron chi connectivity index (χ3n) is 4.10. The number of aromatic nitrogens is 1. The fourth-order valence-electron chi connectivity index (χ4n) is 3.01. The van der Waals surface area contributed by atoms with Gasteiger partial charge in [-0.3, -0.25) is 4.79 Å². The van der Waals surface area contributed by atoms with E-state index in [0.29, 0.717) is 16.8 Å². The zero-order chi connectivity index (χ0) is 19.6. The number of fused-ring (bicyclic) bond motifs is 1. The number of nitrogens with one attached hydrogen (secondary N) is 1. The van der Waals surface area contributed by atoms with E-state index in [4.69, 9.17) is 4.74 Å². The minimum absolute atomic E-state index is 0.165. The number of ether oxygens (including phenoxy) is 1. The van der Waals surface area contributed by atoms with Crippen molar-refractivity contribution in [1.29, 1.82) is 0 Å². The van der Waals surface area contributed by atoms with Crippen LogP contribution in [0.5, 0.6) is 0 Å². The number of carbonyl (C=O) groups excluding carboxylic acids is 2. The van der Waals surface area contributed by atoms with Gasteiger partial charge in [-0.25, -0.2) is 13.2 Å². The average molecular weight is 385 g/mol. The lowest BCUT2D eigenvalue weighted by Crippen LogP contribution is -2.15. The Morgan fingerprint density at radius 1 is 1.07 bits per heavy atom. The fraction of sp³-hybridized carbons (Fsp3) is 0.200. The van der Waals surface area contributed by atoms with Crippen LogP contribution in [-0.4, -0.2) is 38.0 Å². The highest BCUT2D eigenvalue weighted by atomic mass is 32.2. The normalized spacial score (nSPS) is 11.5. The molecule has 0 fully saturated rings. The molecule has 0 radical (unpaired) electrons. The van der Waals surface area contributed by atoms with Crippen molar-refractivity contribution in [1.82, 2.24) is 4.98 Å². The molecular weight excluding hydrogens is 366 g/mol. The van der Waals surface area contributed by atoms with E-state index in [1.54, 1.807) is 19.1 Å². The second-order valence-corrected chi connectivity index (χ2v) is 8.58. The number of esters is 1. The lowest BCUT2D eigenvalue weighted by molar-refractivity contribution is 0.0475. The Kier molecular flexibility index (Phi) is 5.14. The molecule has 0 aliphatic carbocycles. The number of aryl methyl sites for hydroxylation is 1. The maximum absolute atomic E-state index is 12.6. The molecule has 3 rings (SSSR count). The van der Waals surface area contributed by atoms with E-state index < -0.39 is 22.4 Å². The molecule has 7 heteroatoms. The molecule has 0 unspecified atom stereocenters. The maximum Gasteiger partial charge on any atom is 0.338 e. The molecule has 0 aliphatic rings. The molecule has 27 heavy (non-hydrogen) atoms. The van der Waals surface area contributed by atoms with E-state index in [2.05, 4.69) is 4.98 Å². The topological polar surface area (TPSA) is 93.3 Å². The largest absolute Gasteiger partial charge is 0.454 e. The van der Waals surface area contributed by atoms with Crippen LogP contribution in [0.2, 0.25) is 0 Å². The predicted molar refractivity (Wildman–Crippen MR) is 103 cm³/mol. The zero-order valence-corrected chi connectivity index (χ0v) is 15.8. The van der Waals surface area contributed by atoms with Gasteiger partial charge in [0.1, 0.15) is 0 Å². The molecule has 140 valence electrons. The minimum atomic E-state index is -3.21. The van der Waals surface area contributed by atoms with Gasteiger partial charge < -0.3 is 9.72 Å². The molecule has 2 aromatic carbocycles. The number of sulfone groups is 1. The summed E-state index contributed by atoms with van der Waals surface area (Å²) in [4.78, 5) is 27.9. The van der Waals surface area contributed by atoms with Gasteiger partial charge in [-0.05, 0) is 30.7 Å². The molecule has 0 bridgehead atoms. The summed E-state index contributed by atoms with van der Waals surface area (Å²) in [5.74, 6) is -1.14. The van der Waals surface area contributed by atoms with Crippen LogP contribution in [0, 0.1) is 6.92 Å². The van der Waals surface area contributed by atoms with E-state index in [-0.39, 0.29) is 17.1 Å². The summed E-state index contributed by atoms with van der Waals surface area (Å²) in [6, 6.07) is 13.6. The molecule has 0 saturated carbocycles. The molecule has 0 spiro atoms. The Hall–Kier alpha value is -2.93. The van der Waals surface area contributed by atoms with Crippen molar-refractivity contribution in [3.05, 3.63) is 70.9 Å². The Morgan fingerprint density at radius 3 is 2.56 bits per heavy atom. The Labute approximate surface area is 157 Å². The first-order valence-electron chi connectivity index (χ1n) is 8.29. The number of rotatable bonds is 6. The summed E-state index contributed by atoms with van der Waals surface area (Å²) in [6.07, 6.45) is 1.13. The van der Waals surface area contributed by atoms with Gasteiger partial charge in [0.15, 0.2) is 16.4 Å². The second-order valence-electron chi connectivity index (χ2n) is 6.44. The molecular formula is C20H19NO5S. The first kappa shape index (κ1) is 18.8. The van der Waals surface area contributed by atoms with Gasteiger partial charge in [0.05, 0.1) is 11.3 Å². The SMILES string of the molecule is Cc1[nH]c2ccccc2c1C(=O)COC(=O)c1cccc(CS(C)(=O)=O)c1. The van der Waals surface area contributed by atoms with Crippen LogP contribution in [-0.2, 0) is 20.3 Å². The summed E-state index contributed by atoms with van der Waals surface area (Å²) in [7, 11) is -3.21. The van der Waals surface area contributed by atoms with Gasteiger partial charge in [-0.2, -0.15) is 0 Å². The Morgan fingerprint density at radius 2 is 1.81 bits per heavy atom. The summed E-state index contributed by atoms with van der Waals surface area (Å²) < 4.78 is 28.0. The first-order chi connectivity index (χ1) is 12.7. The van der Waals surface area contributed by atoms with E-state index in [0.717, 1.165) is 17.2 Å². The van der Waals surface area contributed by atoms with Gasteiger partial charge in [0.25, 0.3) is 0 Å². The number of para-hydroxylation sites is 1. The third-order valence-corrected chi connectivity index (χ3v) is 4.96. The number of hydrogen-bond acceptors (Lipinski definition) is 5. The van der Waals surface area contributed by atoms with Crippen molar-refractivity contribution in [2.24, 2.45) is 0 Å². The fourth-order valence-corrected chi connectivity index (χ4v) is 3.80. The molecule has 1 N–H and O–H groups in total. The third kappa shape index (κ3) is 4.43. The second kappa shape index (κ2) is 7.36. The summed E-state index contributed by atoms with van der Waals surface area (Å²) in [5, 5.41) is 0.784. The molecule has 1 heterocycles. The average Bonchev–Trinajstić information content (AvgIpc) is 2.94. The van der Waals surface area contributed by atoms with Crippen molar-refractivity contribution < 1.29 is 22.7 Å². The van der Waals surface area contributed by atoms with Crippen LogP contribution >= 0.6 is 0 Å². The van der Waals surface area contributed by atoms with Crippen LogP contribution in [0.3, 0.4) is 0 Å². The van der Waals surface area contributed by atoms with Crippen molar-refractivity contribution in [2.75, 3.05) is 12.9 Å². The highest BCUT2D eigenvalue weighted by molar-refractivity contribution is 7.89. The summed E-state index contributed by atoms with van der Waals surface area (Å²) in [5.41, 5.74) is 2.76. The lowest BCUT2D eigenvalue weighted by atomic mass is 10.1. The zero-order valence-electron chi connectivity index (χ0n) is 15.0. The lowest BCUT2D eigenvalue weighted by Gasteiger charge is -2.06. The quantitative estimate of drug-likeness (QED) is 0.520. The smallest absolute Gasteiger partial charge is 0.338 e. The van der Waals surface area contributed by atoms with Crippen molar-refractivity contribution >= 4 is 32.5 Å². The number of aromatic amines is 1. The number of H-pyrrole nitrogens is 1. The van der Waals surface area contributed by atoms with E-state index in [1.807, 2.05) is 24.3 Å².